The Balaban J connectivity index is 2.03. The van der Waals surface area contributed by atoms with Crippen LogP contribution in [0.3, 0.4) is 0 Å². The Hall–Kier alpha value is -2.10. The third kappa shape index (κ3) is 3.46. The maximum Gasteiger partial charge on any atom is 0.222 e. The first-order chi connectivity index (χ1) is 11.2. The smallest absolute Gasteiger partial charge is 0.222 e. The van der Waals surface area contributed by atoms with Crippen LogP contribution in [0.2, 0.25) is 0 Å². The second-order valence-corrected chi connectivity index (χ2v) is 6.34. The zero-order chi connectivity index (χ0) is 16.2. The van der Waals surface area contributed by atoms with Crippen molar-refractivity contribution in [2.24, 2.45) is 0 Å². The molecule has 1 atom stereocenters. The van der Waals surface area contributed by atoms with Crippen LogP contribution >= 0.6 is 0 Å². The van der Waals surface area contributed by atoms with Crippen molar-refractivity contribution in [3.63, 3.8) is 0 Å². The summed E-state index contributed by atoms with van der Waals surface area (Å²) in [7, 11) is 0. The highest BCUT2D eigenvalue weighted by atomic mass is 15.2. The monoisotopic (exact) mass is 310 g/mol. The Kier molecular flexibility index (Phi) is 4.79. The van der Waals surface area contributed by atoms with Crippen molar-refractivity contribution in [2.75, 3.05) is 17.2 Å². The number of rotatable bonds is 3. The molecule has 0 aliphatic carbocycles. The molecule has 0 spiro atoms. The molecular weight excluding hydrogens is 284 g/mol. The first-order valence-corrected chi connectivity index (χ1v) is 8.64. The molecule has 2 heterocycles. The quantitative estimate of drug-likeness (QED) is 0.929. The number of hydrogen-bond acceptors (Lipinski definition) is 4. The van der Waals surface area contributed by atoms with Crippen LogP contribution in [0.25, 0.3) is 0 Å². The Morgan fingerprint density at radius 3 is 2.78 bits per heavy atom. The van der Waals surface area contributed by atoms with Crippen molar-refractivity contribution in [3.05, 3.63) is 47.2 Å². The number of aromatic nitrogens is 2. The van der Waals surface area contributed by atoms with Crippen molar-refractivity contribution in [3.8, 4) is 0 Å². The number of nitrogen functional groups attached to an aromatic ring is 1. The first kappa shape index (κ1) is 15.8. The van der Waals surface area contributed by atoms with Crippen LogP contribution in [0.4, 0.5) is 11.8 Å². The summed E-state index contributed by atoms with van der Waals surface area (Å²) in [6.45, 7) is 5.24. The molecule has 0 amide bonds. The van der Waals surface area contributed by atoms with E-state index in [4.69, 9.17) is 5.73 Å². The molecule has 0 radical (unpaired) electrons. The maximum absolute atomic E-state index is 5.90. The van der Waals surface area contributed by atoms with E-state index >= 15 is 0 Å². The number of nitrogens with two attached hydrogens (primary N) is 1. The van der Waals surface area contributed by atoms with Gasteiger partial charge in [0.25, 0.3) is 0 Å². The Morgan fingerprint density at radius 1 is 1.17 bits per heavy atom. The van der Waals surface area contributed by atoms with Crippen LogP contribution in [-0.2, 0) is 6.42 Å². The molecule has 0 bridgehead atoms. The highest BCUT2D eigenvalue weighted by molar-refractivity contribution is 5.47. The van der Waals surface area contributed by atoms with Gasteiger partial charge in [-0.1, -0.05) is 44.0 Å². The summed E-state index contributed by atoms with van der Waals surface area (Å²) in [4.78, 5) is 11.2. The van der Waals surface area contributed by atoms with Gasteiger partial charge in [-0.15, -0.1) is 0 Å². The van der Waals surface area contributed by atoms with Gasteiger partial charge < -0.3 is 10.6 Å². The van der Waals surface area contributed by atoms with E-state index in [1.807, 2.05) is 6.92 Å². The lowest BCUT2D eigenvalue weighted by Gasteiger charge is -2.33. The molecule has 1 aliphatic rings. The van der Waals surface area contributed by atoms with Crippen molar-refractivity contribution in [1.29, 1.82) is 0 Å². The molecule has 0 unspecified atom stereocenters. The zero-order valence-corrected chi connectivity index (χ0v) is 14.1. The molecule has 1 aromatic heterocycles. The van der Waals surface area contributed by atoms with E-state index in [2.05, 4.69) is 52.1 Å². The second kappa shape index (κ2) is 6.99. The minimum Gasteiger partial charge on any atom is -0.368 e. The van der Waals surface area contributed by atoms with Gasteiger partial charge in [0.05, 0.1) is 6.04 Å². The van der Waals surface area contributed by atoms with Gasteiger partial charge in [0, 0.05) is 18.3 Å². The SMILES string of the molecule is CCc1ccccc1[C@H]1CCCCCN1c1cc(C)nc(N)n1. The van der Waals surface area contributed by atoms with Gasteiger partial charge >= 0.3 is 0 Å². The van der Waals surface area contributed by atoms with E-state index in [1.54, 1.807) is 0 Å². The van der Waals surface area contributed by atoms with E-state index in [0.29, 0.717) is 12.0 Å². The third-order valence-electron chi connectivity index (χ3n) is 4.70. The molecule has 1 saturated heterocycles. The minimum absolute atomic E-state index is 0.367. The summed E-state index contributed by atoms with van der Waals surface area (Å²) in [5.74, 6) is 1.33. The molecule has 2 N–H and O–H groups in total. The van der Waals surface area contributed by atoms with Crippen molar-refractivity contribution in [1.82, 2.24) is 9.97 Å². The number of nitrogens with zero attached hydrogens (tertiary/aromatic N) is 3. The third-order valence-corrected chi connectivity index (χ3v) is 4.70. The van der Waals surface area contributed by atoms with E-state index in [1.165, 1.54) is 36.8 Å². The summed E-state index contributed by atoms with van der Waals surface area (Å²) in [6, 6.07) is 11.2. The van der Waals surface area contributed by atoms with Crippen LogP contribution in [-0.4, -0.2) is 16.5 Å². The van der Waals surface area contributed by atoms with Crippen molar-refractivity contribution < 1.29 is 0 Å². The predicted octanol–water partition coefficient (Wildman–Crippen LogP) is 4.05. The lowest BCUT2D eigenvalue weighted by Crippen LogP contribution is -2.30. The fourth-order valence-electron chi connectivity index (χ4n) is 3.61. The molecular formula is C19H26N4. The number of benzene rings is 1. The second-order valence-electron chi connectivity index (χ2n) is 6.34. The highest BCUT2D eigenvalue weighted by Gasteiger charge is 2.25. The molecule has 1 aliphatic heterocycles. The molecule has 0 saturated carbocycles. The van der Waals surface area contributed by atoms with Gasteiger partial charge in [-0.2, -0.15) is 4.98 Å². The molecule has 4 heteroatoms. The van der Waals surface area contributed by atoms with Gasteiger partial charge in [0.1, 0.15) is 5.82 Å². The number of anilines is 2. The summed E-state index contributed by atoms with van der Waals surface area (Å²) in [5, 5.41) is 0. The van der Waals surface area contributed by atoms with Gasteiger partial charge in [-0.3, -0.25) is 0 Å². The van der Waals surface area contributed by atoms with Gasteiger partial charge in [-0.25, -0.2) is 4.98 Å². The Labute approximate surface area is 138 Å². The van der Waals surface area contributed by atoms with Gasteiger partial charge in [-0.05, 0) is 37.3 Å². The molecule has 2 aromatic rings. The topological polar surface area (TPSA) is 55.0 Å². The average Bonchev–Trinajstić information content (AvgIpc) is 2.79. The Bertz CT molecular complexity index is 648. The summed E-state index contributed by atoms with van der Waals surface area (Å²) >= 11 is 0. The van der Waals surface area contributed by atoms with Gasteiger partial charge in [0.2, 0.25) is 5.95 Å². The van der Waals surface area contributed by atoms with Crippen LogP contribution in [0.15, 0.2) is 30.3 Å². The average molecular weight is 310 g/mol. The van der Waals surface area contributed by atoms with Gasteiger partial charge in [0.15, 0.2) is 0 Å². The summed E-state index contributed by atoms with van der Waals surface area (Å²) < 4.78 is 0. The van der Waals surface area contributed by atoms with E-state index in [0.717, 1.165) is 24.5 Å². The fraction of sp³-hybridized carbons (Fsp3) is 0.474. The van der Waals surface area contributed by atoms with Crippen molar-refractivity contribution in [2.45, 2.75) is 52.0 Å². The summed E-state index contributed by atoms with van der Waals surface area (Å²) in [6.07, 6.45) is 5.97. The lowest BCUT2D eigenvalue weighted by atomic mass is 9.94. The maximum atomic E-state index is 5.90. The molecule has 1 fully saturated rings. The molecule has 122 valence electrons. The first-order valence-electron chi connectivity index (χ1n) is 8.64. The van der Waals surface area contributed by atoms with E-state index < -0.39 is 0 Å². The fourth-order valence-corrected chi connectivity index (χ4v) is 3.61. The lowest BCUT2D eigenvalue weighted by molar-refractivity contribution is 0.592. The summed E-state index contributed by atoms with van der Waals surface area (Å²) in [5.41, 5.74) is 9.70. The van der Waals surface area contributed by atoms with Crippen LogP contribution in [0.1, 0.15) is 55.5 Å². The largest absolute Gasteiger partial charge is 0.368 e. The van der Waals surface area contributed by atoms with Crippen LogP contribution in [0.5, 0.6) is 0 Å². The highest BCUT2D eigenvalue weighted by Crippen LogP contribution is 2.35. The minimum atomic E-state index is 0.367. The van der Waals surface area contributed by atoms with Crippen LogP contribution < -0.4 is 10.6 Å². The number of aryl methyl sites for hydroxylation is 2. The predicted molar refractivity (Wildman–Crippen MR) is 95.6 cm³/mol. The molecule has 4 nitrogen and oxygen atoms in total. The normalized spacial score (nSPS) is 18.7. The van der Waals surface area contributed by atoms with E-state index in [-0.39, 0.29) is 0 Å². The molecule has 3 rings (SSSR count). The van der Waals surface area contributed by atoms with Crippen molar-refractivity contribution >= 4 is 11.8 Å². The standard InChI is InChI=1S/C19H26N4/c1-3-15-9-6-7-10-16(15)17-11-5-4-8-12-23(17)18-13-14(2)21-19(20)22-18/h6-7,9-10,13,17H,3-5,8,11-12H2,1-2H3,(H2,20,21,22)/t17-/m1/s1. The zero-order valence-electron chi connectivity index (χ0n) is 14.1. The van der Waals surface area contributed by atoms with Crippen LogP contribution in [0, 0.1) is 6.92 Å². The Morgan fingerprint density at radius 2 is 2.00 bits per heavy atom. The molecule has 1 aromatic carbocycles. The van der Waals surface area contributed by atoms with E-state index in [9.17, 15) is 0 Å². The number of hydrogen-bond donors (Lipinski definition) is 1. The molecule has 23 heavy (non-hydrogen) atoms.